The molecule has 0 aliphatic carbocycles. The Morgan fingerprint density at radius 2 is 2.29 bits per heavy atom. The Balaban J connectivity index is 3.63. The Hall–Kier alpha value is -0.930. The number of thioether (sulfide) groups is 1. The van der Waals surface area contributed by atoms with Gasteiger partial charge in [-0.1, -0.05) is 5.16 Å². The van der Waals surface area contributed by atoms with Gasteiger partial charge in [0.25, 0.3) is 0 Å². The monoisotopic (exact) mass is 281 g/mol. The highest BCUT2D eigenvalue weighted by atomic mass is 32.2. The lowest BCUT2D eigenvalue weighted by atomic mass is 10.5. The van der Waals surface area contributed by atoms with Crippen LogP contribution in [0.1, 0.15) is 6.42 Å². The first-order valence-corrected chi connectivity index (χ1v) is 6.81. The van der Waals surface area contributed by atoms with Crippen LogP contribution in [0, 0.1) is 0 Å². The van der Waals surface area contributed by atoms with Crippen LogP contribution in [0.3, 0.4) is 0 Å². The molecule has 0 bridgehead atoms. The van der Waals surface area contributed by atoms with Crippen molar-refractivity contribution in [3.8, 4) is 0 Å². The highest BCUT2D eigenvalue weighted by molar-refractivity contribution is 7.99. The zero-order valence-electron chi connectivity index (χ0n) is 9.58. The zero-order valence-corrected chi connectivity index (χ0v) is 11.2. The van der Waals surface area contributed by atoms with Crippen LogP contribution in [-0.2, 0) is 9.63 Å². The van der Waals surface area contributed by atoms with Crippen molar-refractivity contribution in [1.29, 1.82) is 0 Å². The van der Waals surface area contributed by atoms with Gasteiger partial charge in [0.2, 0.25) is 0 Å². The number of carboxylic acid groups (broad SMARTS) is 1. The largest absolute Gasteiger partial charge is 0.481 e. The van der Waals surface area contributed by atoms with E-state index in [1.807, 2.05) is 6.26 Å². The van der Waals surface area contributed by atoms with Gasteiger partial charge in [0.05, 0.1) is 12.6 Å². The normalized spacial score (nSPS) is 10.5. The maximum absolute atomic E-state index is 11.2. The van der Waals surface area contributed by atoms with Crippen LogP contribution in [-0.4, -0.2) is 53.3 Å². The molecule has 0 atom stereocenters. The number of nitrogens with zero attached hydrogens (tertiary/aromatic N) is 2. The first-order valence-electron chi connectivity index (χ1n) is 4.65. The topological polar surface area (TPSA) is 91.2 Å². The summed E-state index contributed by atoms with van der Waals surface area (Å²) in [6.07, 6.45) is 2.75. The SMILES string of the molecule is CSCC=NOC(=O)N(C)SNCCC(=O)O. The molecule has 1 amide bonds. The standard InChI is InChI=1S/C8H15N3O4S2/c1-11(17-10-4-3-7(12)13)8(14)15-9-5-6-16-2/h5,10H,3-4,6H2,1-2H3,(H,12,13). The molecular weight excluding hydrogens is 266 g/mol. The predicted molar refractivity (Wildman–Crippen MR) is 69.0 cm³/mol. The quantitative estimate of drug-likeness (QED) is 0.226. The molecule has 0 unspecified atom stereocenters. The maximum Gasteiger partial charge on any atom is 0.446 e. The fourth-order valence-electron chi connectivity index (χ4n) is 0.583. The van der Waals surface area contributed by atoms with Crippen molar-refractivity contribution in [2.75, 3.05) is 25.6 Å². The molecule has 7 nitrogen and oxygen atoms in total. The average molecular weight is 281 g/mol. The smallest absolute Gasteiger partial charge is 0.446 e. The predicted octanol–water partition coefficient (Wildman–Crippen LogP) is 1.03. The van der Waals surface area contributed by atoms with Gasteiger partial charge < -0.3 is 5.11 Å². The third-order valence-electron chi connectivity index (χ3n) is 1.35. The lowest BCUT2D eigenvalue weighted by molar-refractivity contribution is -0.136. The number of carbonyl (C=O) groups is 2. The Labute approximate surface area is 108 Å². The van der Waals surface area contributed by atoms with Gasteiger partial charge in [0.15, 0.2) is 0 Å². The van der Waals surface area contributed by atoms with Crippen LogP contribution in [0.15, 0.2) is 5.16 Å². The van der Waals surface area contributed by atoms with E-state index in [1.54, 1.807) is 11.8 Å². The molecule has 0 aromatic rings. The summed E-state index contributed by atoms with van der Waals surface area (Å²) in [5, 5.41) is 11.8. The number of oxime groups is 1. The molecular formula is C8H15N3O4S2. The van der Waals surface area contributed by atoms with E-state index in [0.29, 0.717) is 5.75 Å². The van der Waals surface area contributed by atoms with Crippen LogP contribution in [0.2, 0.25) is 0 Å². The van der Waals surface area contributed by atoms with E-state index in [4.69, 9.17) is 5.11 Å². The van der Waals surface area contributed by atoms with E-state index in [0.717, 1.165) is 12.1 Å². The molecule has 0 fully saturated rings. The van der Waals surface area contributed by atoms with Gasteiger partial charge >= 0.3 is 12.1 Å². The number of hydrogen-bond donors (Lipinski definition) is 2. The van der Waals surface area contributed by atoms with E-state index < -0.39 is 12.1 Å². The minimum atomic E-state index is -0.898. The second-order valence-corrected chi connectivity index (χ2v) is 4.66. The minimum Gasteiger partial charge on any atom is -0.481 e. The molecule has 0 radical (unpaired) electrons. The maximum atomic E-state index is 11.2. The zero-order chi connectivity index (χ0) is 13.1. The van der Waals surface area contributed by atoms with Gasteiger partial charge in [-0.2, -0.15) is 11.8 Å². The van der Waals surface area contributed by atoms with Gasteiger partial charge in [0, 0.05) is 31.5 Å². The fourth-order valence-corrected chi connectivity index (χ4v) is 1.29. The lowest BCUT2D eigenvalue weighted by Gasteiger charge is -2.12. The molecule has 0 spiro atoms. The Kier molecular flexibility index (Phi) is 9.68. The Bertz CT molecular complexity index is 275. The molecule has 0 aromatic carbocycles. The Morgan fingerprint density at radius 3 is 2.88 bits per heavy atom. The number of aliphatic carboxylic acids is 1. The second-order valence-electron chi connectivity index (χ2n) is 2.73. The van der Waals surface area contributed by atoms with Crippen LogP contribution in [0.4, 0.5) is 4.79 Å². The molecule has 17 heavy (non-hydrogen) atoms. The summed E-state index contributed by atoms with van der Waals surface area (Å²) in [4.78, 5) is 26.0. The first-order chi connectivity index (χ1) is 8.07. The molecule has 0 aliphatic heterocycles. The molecule has 0 aliphatic rings. The molecule has 0 aromatic heterocycles. The minimum absolute atomic E-state index is 0.0121. The number of amides is 1. The first kappa shape index (κ1) is 16.1. The van der Waals surface area contributed by atoms with Gasteiger partial charge in [-0.05, 0) is 6.26 Å². The molecule has 0 saturated carbocycles. The average Bonchev–Trinajstić information content (AvgIpc) is 2.29. The van der Waals surface area contributed by atoms with Crippen molar-refractivity contribution >= 4 is 42.2 Å². The van der Waals surface area contributed by atoms with E-state index >= 15 is 0 Å². The van der Waals surface area contributed by atoms with Crippen molar-refractivity contribution < 1.29 is 19.5 Å². The van der Waals surface area contributed by atoms with Gasteiger partial charge in [-0.3, -0.25) is 9.63 Å². The molecule has 0 saturated heterocycles. The molecule has 9 heteroatoms. The van der Waals surface area contributed by atoms with E-state index in [9.17, 15) is 9.59 Å². The number of carboxylic acids is 1. The van der Waals surface area contributed by atoms with E-state index in [1.165, 1.54) is 17.6 Å². The van der Waals surface area contributed by atoms with Gasteiger partial charge in [-0.15, -0.1) is 0 Å². The molecule has 2 N–H and O–H groups in total. The highest BCUT2D eigenvalue weighted by Gasteiger charge is 2.10. The van der Waals surface area contributed by atoms with Crippen molar-refractivity contribution in [2.24, 2.45) is 5.16 Å². The van der Waals surface area contributed by atoms with Crippen molar-refractivity contribution in [1.82, 2.24) is 9.03 Å². The third-order valence-corrected chi connectivity index (χ3v) is 2.58. The number of rotatable bonds is 8. The summed E-state index contributed by atoms with van der Waals surface area (Å²) in [7, 11) is 1.49. The van der Waals surface area contributed by atoms with Crippen molar-refractivity contribution in [2.45, 2.75) is 6.42 Å². The lowest BCUT2D eigenvalue weighted by Crippen LogP contribution is -2.24. The van der Waals surface area contributed by atoms with E-state index in [-0.39, 0.29) is 13.0 Å². The van der Waals surface area contributed by atoms with Crippen LogP contribution in [0.25, 0.3) is 0 Å². The van der Waals surface area contributed by atoms with Gasteiger partial charge in [0.1, 0.15) is 0 Å². The molecule has 98 valence electrons. The summed E-state index contributed by atoms with van der Waals surface area (Å²) in [6.45, 7) is 0.257. The third kappa shape index (κ3) is 9.97. The van der Waals surface area contributed by atoms with Crippen molar-refractivity contribution in [3.63, 3.8) is 0 Å². The summed E-state index contributed by atoms with van der Waals surface area (Å²) >= 11 is 2.51. The number of carbonyl (C=O) groups excluding carboxylic acids is 1. The second kappa shape index (κ2) is 10.2. The fraction of sp³-hybridized carbons (Fsp3) is 0.625. The highest BCUT2D eigenvalue weighted by Crippen LogP contribution is 2.04. The number of hydrogen-bond acceptors (Lipinski definition) is 7. The Morgan fingerprint density at radius 1 is 1.59 bits per heavy atom. The van der Waals surface area contributed by atoms with Crippen LogP contribution >= 0.6 is 23.9 Å². The van der Waals surface area contributed by atoms with E-state index in [2.05, 4.69) is 14.7 Å². The summed E-state index contributed by atoms with van der Waals surface area (Å²) in [5.41, 5.74) is 0. The van der Waals surface area contributed by atoms with Gasteiger partial charge in [-0.25, -0.2) is 13.8 Å². The summed E-state index contributed by atoms with van der Waals surface area (Å²) in [5.74, 6) is -0.230. The van der Waals surface area contributed by atoms with Crippen molar-refractivity contribution in [3.05, 3.63) is 0 Å². The van der Waals surface area contributed by atoms with Crippen LogP contribution < -0.4 is 4.72 Å². The summed E-state index contributed by atoms with van der Waals surface area (Å²) < 4.78 is 3.88. The summed E-state index contributed by atoms with van der Waals surface area (Å²) in [6, 6.07) is 0. The molecule has 0 rings (SSSR count). The molecule has 0 heterocycles. The number of nitrogens with one attached hydrogen (secondary N) is 1. The van der Waals surface area contributed by atoms with Crippen LogP contribution in [0.5, 0.6) is 0 Å².